The van der Waals surface area contributed by atoms with Gasteiger partial charge < -0.3 is 15.2 Å². The van der Waals surface area contributed by atoms with Crippen LogP contribution in [0.15, 0.2) is 18.2 Å². The molecule has 1 aromatic carbocycles. The van der Waals surface area contributed by atoms with Gasteiger partial charge in [0.05, 0.1) is 13.2 Å². The molecule has 0 heterocycles. The van der Waals surface area contributed by atoms with Crippen LogP contribution in [0.1, 0.15) is 38.7 Å². The fraction of sp³-hybridized carbons (Fsp3) is 0.562. The van der Waals surface area contributed by atoms with Crippen molar-refractivity contribution in [1.29, 1.82) is 0 Å². The number of benzene rings is 1. The first-order valence-electron chi connectivity index (χ1n) is 7.33. The van der Waals surface area contributed by atoms with Crippen LogP contribution in [0.3, 0.4) is 0 Å². The minimum absolute atomic E-state index is 0.0862. The largest absolute Gasteiger partial charge is 0.494 e. The second-order valence-electron chi connectivity index (χ2n) is 5.42. The van der Waals surface area contributed by atoms with Crippen LogP contribution in [0.25, 0.3) is 0 Å². The summed E-state index contributed by atoms with van der Waals surface area (Å²) >= 11 is 0. The van der Waals surface area contributed by atoms with Crippen molar-refractivity contribution in [3.05, 3.63) is 23.8 Å². The highest BCUT2D eigenvalue weighted by atomic mass is 16.5. The predicted octanol–water partition coefficient (Wildman–Crippen LogP) is 2.95. The van der Waals surface area contributed by atoms with Gasteiger partial charge in [0.1, 0.15) is 5.75 Å². The third-order valence-corrected chi connectivity index (χ3v) is 4.00. The lowest BCUT2D eigenvalue weighted by Crippen LogP contribution is -2.24. The number of carbonyl (C=O) groups is 1. The maximum Gasteiger partial charge on any atom is 0.227 e. The second kappa shape index (κ2) is 6.75. The average molecular weight is 277 g/mol. The molecule has 1 aromatic rings. The topological polar surface area (TPSA) is 58.6 Å². The van der Waals surface area contributed by atoms with E-state index in [1.54, 1.807) is 12.1 Å². The Bertz CT molecular complexity index is 473. The van der Waals surface area contributed by atoms with Gasteiger partial charge in [0.25, 0.3) is 0 Å². The lowest BCUT2D eigenvalue weighted by Gasteiger charge is -2.16. The highest BCUT2D eigenvalue weighted by molar-refractivity contribution is 5.93. The fourth-order valence-corrected chi connectivity index (χ4v) is 2.85. The van der Waals surface area contributed by atoms with Gasteiger partial charge in [0.15, 0.2) is 0 Å². The second-order valence-corrected chi connectivity index (χ2v) is 5.42. The van der Waals surface area contributed by atoms with Crippen molar-refractivity contribution in [2.24, 2.45) is 11.8 Å². The van der Waals surface area contributed by atoms with E-state index in [0.29, 0.717) is 23.8 Å². The van der Waals surface area contributed by atoms with Crippen LogP contribution in [0.2, 0.25) is 0 Å². The molecule has 4 nitrogen and oxygen atoms in total. The Morgan fingerprint density at radius 3 is 2.85 bits per heavy atom. The Morgan fingerprint density at radius 2 is 2.25 bits per heavy atom. The number of amides is 1. The van der Waals surface area contributed by atoms with Crippen molar-refractivity contribution < 1.29 is 14.6 Å². The quantitative estimate of drug-likeness (QED) is 0.870. The molecule has 0 spiro atoms. The van der Waals surface area contributed by atoms with E-state index in [2.05, 4.69) is 12.2 Å². The van der Waals surface area contributed by atoms with Crippen molar-refractivity contribution >= 4 is 11.6 Å². The molecule has 0 saturated heterocycles. The van der Waals surface area contributed by atoms with E-state index in [9.17, 15) is 9.90 Å². The molecule has 2 unspecified atom stereocenters. The Kier molecular flexibility index (Phi) is 5.01. The Labute approximate surface area is 120 Å². The van der Waals surface area contributed by atoms with E-state index in [1.165, 1.54) is 0 Å². The number of carbonyl (C=O) groups excluding carboxylic acids is 1. The smallest absolute Gasteiger partial charge is 0.227 e. The van der Waals surface area contributed by atoms with Gasteiger partial charge in [-0.3, -0.25) is 4.79 Å². The van der Waals surface area contributed by atoms with E-state index < -0.39 is 0 Å². The van der Waals surface area contributed by atoms with Gasteiger partial charge in [-0.15, -0.1) is 0 Å². The summed E-state index contributed by atoms with van der Waals surface area (Å²) in [6.45, 7) is 4.49. The van der Waals surface area contributed by atoms with Crippen LogP contribution in [-0.4, -0.2) is 17.6 Å². The maximum atomic E-state index is 12.2. The Balaban J connectivity index is 2.07. The van der Waals surface area contributed by atoms with Gasteiger partial charge in [-0.25, -0.2) is 0 Å². The number of aliphatic hydroxyl groups excluding tert-OH is 1. The highest BCUT2D eigenvalue weighted by Crippen LogP contribution is 2.32. The zero-order valence-electron chi connectivity index (χ0n) is 12.2. The van der Waals surface area contributed by atoms with E-state index in [0.717, 1.165) is 24.9 Å². The first-order valence-corrected chi connectivity index (χ1v) is 7.33. The molecule has 1 aliphatic rings. The summed E-state index contributed by atoms with van der Waals surface area (Å²) in [5.74, 6) is 1.32. The number of rotatable bonds is 5. The zero-order valence-corrected chi connectivity index (χ0v) is 12.2. The summed E-state index contributed by atoms with van der Waals surface area (Å²) < 4.78 is 5.43. The number of hydrogen-bond acceptors (Lipinski definition) is 3. The van der Waals surface area contributed by atoms with Crippen molar-refractivity contribution in [1.82, 2.24) is 0 Å². The molecule has 0 aromatic heterocycles. The molecule has 110 valence electrons. The van der Waals surface area contributed by atoms with Gasteiger partial charge >= 0.3 is 0 Å². The standard InChI is InChI=1S/C16H23NO3/c1-3-20-15-8-7-13(9-12(15)10-18)17-16(19)14-6-4-5-11(14)2/h7-9,11,14,18H,3-6,10H2,1-2H3,(H,17,19). The molecule has 0 aliphatic heterocycles. The predicted molar refractivity (Wildman–Crippen MR) is 78.7 cm³/mol. The molecule has 1 saturated carbocycles. The lowest BCUT2D eigenvalue weighted by atomic mass is 9.97. The Hall–Kier alpha value is -1.55. The Morgan fingerprint density at radius 1 is 1.45 bits per heavy atom. The molecule has 2 N–H and O–H groups in total. The number of aliphatic hydroxyl groups is 1. The van der Waals surface area contributed by atoms with Gasteiger partial charge in [-0.2, -0.15) is 0 Å². The number of ether oxygens (including phenoxy) is 1. The monoisotopic (exact) mass is 277 g/mol. The molecule has 1 aliphatic carbocycles. The first-order chi connectivity index (χ1) is 9.65. The van der Waals surface area contributed by atoms with Crippen LogP contribution in [0.4, 0.5) is 5.69 Å². The van der Waals surface area contributed by atoms with Crippen LogP contribution in [0.5, 0.6) is 5.75 Å². The molecule has 2 rings (SSSR count). The van der Waals surface area contributed by atoms with Crippen molar-refractivity contribution in [3.63, 3.8) is 0 Å². The van der Waals surface area contributed by atoms with E-state index in [1.807, 2.05) is 13.0 Å². The van der Waals surface area contributed by atoms with Crippen LogP contribution in [0, 0.1) is 11.8 Å². The summed E-state index contributed by atoms with van der Waals surface area (Å²) in [7, 11) is 0. The highest BCUT2D eigenvalue weighted by Gasteiger charge is 2.29. The maximum absolute atomic E-state index is 12.2. The van der Waals surface area contributed by atoms with Gasteiger partial charge in [-0.05, 0) is 43.9 Å². The summed E-state index contributed by atoms with van der Waals surface area (Å²) in [6.07, 6.45) is 3.23. The average Bonchev–Trinajstić information content (AvgIpc) is 2.87. The molecule has 0 bridgehead atoms. The fourth-order valence-electron chi connectivity index (χ4n) is 2.85. The molecule has 4 heteroatoms. The van der Waals surface area contributed by atoms with Gasteiger partial charge in [0, 0.05) is 17.2 Å². The zero-order chi connectivity index (χ0) is 14.5. The van der Waals surface area contributed by atoms with E-state index in [4.69, 9.17) is 4.74 Å². The van der Waals surface area contributed by atoms with Crippen LogP contribution in [-0.2, 0) is 11.4 Å². The first kappa shape index (κ1) is 14.9. The van der Waals surface area contributed by atoms with Gasteiger partial charge in [0.2, 0.25) is 5.91 Å². The molecule has 1 fully saturated rings. The number of anilines is 1. The van der Waals surface area contributed by atoms with Crippen molar-refractivity contribution in [2.75, 3.05) is 11.9 Å². The molecule has 0 radical (unpaired) electrons. The molecular weight excluding hydrogens is 254 g/mol. The van der Waals surface area contributed by atoms with E-state index >= 15 is 0 Å². The third-order valence-electron chi connectivity index (χ3n) is 4.00. The minimum atomic E-state index is -0.0983. The minimum Gasteiger partial charge on any atom is -0.494 e. The summed E-state index contributed by atoms with van der Waals surface area (Å²) in [5, 5.41) is 12.3. The number of nitrogens with one attached hydrogen (secondary N) is 1. The van der Waals surface area contributed by atoms with Crippen LogP contribution >= 0.6 is 0 Å². The van der Waals surface area contributed by atoms with Crippen molar-refractivity contribution in [3.8, 4) is 5.75 Å². The van der Waals surface area contributed by atoms with Crippen molar-refractivity contribution in [2.45, 2.75) is 39.7 Å². The molecule has 2 atom stereocenters. The van der Waals surface area contributed by atoms with E-state index in [-0.39, 0.29) is 18.4 Å². The van der Waals surface area contributed by atoms with Gasteiger partial charge in [-0.1, -0.05) is 13.3 Å². The molecule has 20 heavy (non-hydrogen) atoms. The summed E-state index contributed by atoms with van der Waals surface area (Å²) in [4.78, 5) is 12.2. The summed E-state index contributed by atoms with van der Waals surface area (Å²) in [6, 6.07) is 5.40. The summed E-state index contributed by atoms with van der Waals surface area (Å²) in [5.41, 5.74) is 1.42. The lowest BCUT2D eigenvalue weighted by molar-refractivity contribution is -0.120. The third kappa shape index (κ3) is 3.31. The number of hydrogen-bond donors (Lipinski definition) is 2. The van der Waals surface area contributed by atoms with Crippen LogP contribution < -0.4 is 10.1 Å². The normalized spacial score (nSPS) is 21.8. The molecule has 1 amide bonds. The SMILES string of the molecule is CCOc1ccc(NC(=O)C2CCCC2C)cc1CO. The molecular formula is C16H23NO3.